The number of nitrogens with zero attached hydrogens (tertiary/aromatic N) is 3. The maximum atomic E-state index is 12.7. The number of carbonyl (C=O) groups is 2. The number of aromatic nitrogens is 2. The molecule has 26 heavy (non-hydrogen) atoms. The van der Waals surface area contributed by atoms with Gasteiger partial charge in [-0.15, -0.1) is 0 Å². The molecule has 6 heteroatoms. The molecule has 0 radical (unpaired) electrons. The van der Waals surface area contributed by atoms with E-state index in [4.69, 9.17) is 0 Å². The van der Waals surface area contributed by atoms with Crippen molar-refractivity contribution < 1.29 is 9.59 Å². The molecule has 0 aliphatic carbocycles. The first-order valence-corrected chi connectivity index (χ1v) is 9.24. The lowest BCUT2D eigenvalue weighted by Crippen LogP contribution is -2.54. The van der Waals surface area contributed by atoms with Crippen LogP contribution in [0.4, 0.5) is 0 Å². The zero-order valence-corrected chi connectivity index (χ0v) is 14.9. The first-order valence-electron chi connectivity index (χ1n) is 9.24. The van der Waals surface area contributed by atoms with Gasteiger partial charge in [-0.25, -0.2) is 0 Å². The van der Waals surface area contributed by atoms with Crippen LogP contribution in [0.5, 0.6) is 0 Å². The van der Waals surface area contributed by atoms with Crippen molar-refractivity contribution in [3.8, 4) is 0 Å². The molecule has 1 N–H and O–H groups in total. The summed E-state index contributed by atoms with van der Waals surface area (Å²) in [7, 11) is 0. The number of piperidine rings is 2. The van der Waals surface area contributed by atoms with Gasteiger partial charge in [-0.3, -0.25) is 14.6 Å². The van der Waals surface area contributed by atoms with Gasteiger partial charge in [-0.05, 0) is 43.0 Å². The van der Waals surface area contributed by atoms with Crippen molar-refractivity contribution in [1.82, 2.24) is 19.8 Å². The Balaban J connectivity index is 1.48. The molecule has 2 aromatic rings. The zero-order chi connectivity index (χ0) is 18.0. The van der Waals surface area contributed by atoms with Gasteiger partial charge in [0.1, 0.15) is 0 Å². The predicted octanol–water partition coefficient (Wildman–Crippen LogP) is 2.45. The van der Waals surface area contributed by atoms with Gasteiger partial charge in [0.05, 0.1) is 5.56 Å². The first kappa shape index (κ1) is 16.8. The third kappa shape index (κ3) is 3.36. The molecule has 1 atom stereocenters. The van der Waals surface area contributed by atoms with E-state index in [2.05, 4.69) is 9.97 Å². The molecular weight excluding hydrogens is 328 g/mol. The largest absolute Gasteiger partial charge is 0.367 e. The number of hydrogen-bond donors (Lipinski definition) is 1. The molecule has 2 fully saturated rings. The molecule has 0 saturated carbocycles. The highest BCUT2D eigenvalue weighted by atomic mass is 16.2. The lowest BCUT2D eigenvalue weighted by molar-refractivity contribution is -0.139. The van der Waals surface area contributed by atoms with Crippen LogP contribution in [-0.2, 0) is 11.3 Å². The molecule has 2 aliphatic heterocycles. The van der Waals surface area contributed by atoms with Gasteiger partial charge in [0, 0.05) is 62.8 Å². The van der Waals surface area contributed by atoms with Crippen LogP contribution in [0.15, 0.2) is 43.0 Å². The SMILES string of the molecule is O=C1CC[C@@]2(CCCN(C(=O)c3cc[nH]c3)C2)CN1Cc1ccncc1. The van der Waals surface area contributed by atoms with E-state index in [1.807, 2.05) is 28.0 Å². The molecule has 136 valence electrons. The summed E-state index contributed by atoms with van der Waals surface area (Å²) in [6.45, 7) is 2.88. The van der Waals surface area contributed by atoms with E-state index in [1.54, 1.807) is 24.8 Å². The van der Waals surface area contributed by atoms with Crippen molar-refractivity contribution in [2.75, 3.05) is 19.6 Å². The minimum atomic E-state index is 0.0190. The van der Waals surface area contributed by atoms with Gasteiger partial charge in [-0.1, -0.05) is 0 Å². The Labute approximate surface area is 153 Å². The summed E-state index contributed by atoms with van der Waals surface area (Å²) in [5, 5.41) is 0. The minimum absolute atomic E-state index is 0.0190. The Hall–Kier alpha value is -2.63. The smallest absolute Gasteiger partial charge is 0.255 e. The van der Waals surface area contributed by atoms with Crippen LogP contribution in [-0.4, -0.2) is 51.2 Å². The van der Waals surface area contributed by atoms with Crippen LogP contribution >= 0.6 is 0 Å². The molecule has 2 aliphatic rings. The maximum absolute atomic E-state index is 12.7. The monoisotopic (exact) mass is 352 g/mol. The minimum Gasteiger partial charge on any atom is -0.367 e. The van der Waals surface area contributed by atoms with E-state index < -0.39 is 0 Å². The number of rotatable bonds is 3. The number of hydrogen-bond acceptors (Lipinski definition) is 3. The molecule has 6 nitrogen and oxygen atoms in total. The third-order valence-electron chi connectivity index (χ3n) is 5.66. The Bertz CT molecular complexity index is 774. The predicted molar refractivity (Wildman–Crippen MR) is 97.3 cm³/mol. The van der Waals surface area contributed by atoms with Crippen molar-refractivity contribution >= 4 is 11.8 Å². The molecule has 0 aromatic carbocycles. The second-order valence-corrected chi connectivity index (χ2v) is 7.54. The number of nitrogens with one attached hydrogen (secondary N) is 1. The summed E-state index contributed by atoms with van der Waals surface area (Å²) in [5.41, 5.74) is 1.83. The molecule has 2 saturated heterocycles. The van der Waals surface area contributed by atoms with Gasteiger partial charge in [0.25, 0.3) is 5.91 Å². The normalized spacial score (nSPS) is 23.5. The second-order valence-electron chi connectivity index (χ2n) is 7.54. The van der Waals surface area contributed by atoms with Gasteiger partial charge in [0.15, 0.2) is 0 Å². The average molecular weight is 352 g/mol. The molecule has 0 bridgehead atoms. The molecule has 4 heterocycles. The molecule has 2 aromatic heterocycles. The van der Waals surface area contributed by atoms with E-state index in [9.17, 15) is 9.59 Å². The van der Waals surface area contributed by atoms with E-state index in [0.29, 0.717) is 18.5 Å². The van der Waals surface area contributed by atoms with Crippen molar-refractivity contribution in [2.45, 2.75) is 32.2 Å². The second kappa shape index (κ2) is 6.94. The van der Waals surface area contributed by atoms with Crippen LogP contribution in [0, 0.1) is 5.41 Å². The van der Waals surface area contributed by atoms with Crippen molar-refractivity contribution in [3.63, 3.8) is 0 Å². The standard InChI is InChI=1S/C20H24N4O2/c25-18-2-7-20(15-24(18)13-16-3-8-21-9-4-16)6-1-11-23(14-20)19(26)17-5-10-22-12-17/h3-5,8-10,12,22H,1-2,6-7,11,13-15H2/t20-/m1/s1. The summed E-state index contributed by atoms with van der Waals surface area (Å²) >= 11 is 0. The summed E-state index contributed by atoms with van der Waals surface area (Å²) < 4.78 is 0. The summed E-state index contributed by atoms with van der Waals surface area (Å²) in [5.74, 6) is 0.296. The Kier molecular flexibility index (Phi) is 4.49. The van der Waals surface area contributed by atoms with Crippen LogP contribution in [0.1, 0.15) is 41.6 Å². The van der Waals surface area contributed by atoms with Crippen molar-refractivity contribution in [2.24, 2.45) is 5.41 Å². The van der Waals surface area contributed by atoms with Crippen LogP contribution in [0.3, 0.4) is 0 Å². The molecule has 4 rings (SSSR count). The summed E-state index contributed by atoms with van der Waals surface area (Å²) in [6.07, 6.45) is 10.6. The highest BCUT2D eigenvalue weighted by Crippen LogP contribution is 2.39. The quantitative estimate of drug-likeness (QED) is 0.922. The first-order chi connectivity index (χ1) is 12.7. The van der Waals surface area contributed by atoms with E-state index >= 15 is 0 Å². The number of pyridine rings is 1. The molecule has 2 amide bonds. The van der Waals surface area contributed by atoms with Gasteiger partial charge >= 0.3 is 0 Å². The fourth-order valence-electron chi connectivity index (χ4n) is 4.31. The Morgan fingerprint density at radius 2 is 2.04 bits per heavy atom. The third-order valence-corrected chi connectivity index (χ3v) is 5.66. The number of aromatic amines is 1. The van der Waals surface area contributed by atoms with E-state index in [1.165, 1.54) is 0 Å². The number of carbonyl (C=O) groups excluding carboxylic acids is 2. The lowest BCUT2D eigenvalue weighted by atomic mass is 9.73. The molecule has 0 unspecified atom stereocenters. The Morgan fingerprint density at radius 3 is 2.81 bits per heavy atom. The number of likely N-dealkylation sites (tertiary alicyclic amines) is 2. The maximum Gasteiger partial charge on any atom is 0.255 e. The van der Waals surface area contributed by atoms with Crippen LogP contribution < -0.4 is 0 Å². The van der Waals surface area contributed by atoms with E-state index in [-0.39, 0.29) is 17.2 Å². The summed E-state index contributed by atoms with van der Waals surface area (Å²) in [4.78, 5) is 36.1. The van der Waals surface area contributed by atoms with Crippen molar-refractivity contribution in [3.05, 3.63) is 54.1 Å². The van der Waals surface area contributed by atoms with E-state index in [0.717, 1.165) is 44.5 Å². The number of H-pyrrole nitrogens is 1. The average Bonchev–Trinajstić information content (AvgIpc) is 3.20. The van der Waals surface area contributed by atoms with Crippen LogP contribution in [0.25, 0.3) is 0 Å². The topological polar surface area (TPSA) is 69.3 Å². The fraction of sp³-hybridized carbons (Fsp3) is 0.450. The Morgan fingerprint density at radius 1 is 1.19 bits per heavy atom. The van der Waals surface area contributed by atoms with Crippen LogP contribution in [0.2, 0.25) is 0 Å². The summed E-state index contributed by atoms with van der Waals surface area (Å²) in [6, 6.07) is 5.73. The highest BCUT2D eigenvalue weighted by Gasteiger charge is 2.42. The highest BCUT2D eigenvalue weighted by molar-refractivity contribution is 5.94. The van der Waals surface area contributed by atoms with Gasteiger partial charge < -0.3 is 14.8 Å². The van der Waals surface area contributed by atoms with Gasteiger partial charge in [-0.2, -0.15) is 0 Å². The molecule has 1 spiro atoms. The molecular formula is C20H24N4O2. The number of amides is 2. The van der Waals surface area contributed by atoms with Crippen molar-refractivity contribution in [1.29, 1.82) is 0 Å². The zero-order valence-electron chi connectivity index (χ0n) is 14.9. The van der Waals surface area contributed by atoms with Gasteiger partial charge in [0.2, 0.25) is 5.91 Å². The lowest BCUT2D eigenvalue weighted by Gasteiger charge is -2.48. The fourth-order valence-corrected chi connectivity index (χ4v) is 4.31.